The number of fused-ring (bicyclic) bond motifs is 5. The molecule has 0 bridgehead atoms. The largest absolute Gasteiger partial charge is 0.497 e. The molecular weight excluding hydrogens is 336 g/mol. The first-order chi connectivity index (χ1) is 13.3. The molecule has 0 saturated heterocycles. The van der Waals surface area contributed by atoms with E-state index in [9.17, 15) is 5.11 Å². The van der Waals surface area contributed by atoms with Crippen LogP contribution in [0.4, 0.5) is 0 Å². The van der Waals surface area contributed by atoms with E-state index in [1.54, 1.807) is 7.11 Å². The molecule has 1 atom stereocenters. The molecule has 132 valence electrons. The molecule has 0 radical (unpaired) electrons. The van der Waals surface area contributed by atoms with Gasteiger partial charge in [0.2, 0.25) is 6.29 Å². The van der Waals surface area contributed by atoms with Gasteiger partial charge in [-0.05, 0) is 40.3 Å². The van der Waals surface area contributed by atoms with E-state index in [1.165, 1.54) is 0 Å². The van der Waals surface area contributed by atoms with E-state index in [0.29, 0.717) is 0 Å². The van der Waals surface area contributed by atoms with Crippen molar-refractivity contribution in [2.45, 2.75) is 6.29 Å². The lowest BCUT2D eigenvalue weighted by atomic mass is 9.86. The minimum absolute atomic E-state index is 0.727. The third-order valence-corrected chi connectivity index (χ3v) is 5.13. The Morgan fingerprint density at radius 1 is 0.852 bits per heavy atom. The van der Waals surface area contributed by atoms with Gasteiger partial charge in [0.05, 0.1) is 7.11 Å². The van der Waals surface area contributed by atoms with Crippen molar-refractivity contribution >= 4 is 10.8 Å². The van der Waals surface area contributed by atoms with Gasteiger partial charge in [-0.25, -0.2) is 0 Å². The maximum Gasteiger partial charge on any atom is 0.224 e. The van der Waals surface area contributed by atoms with Crippen LogP contribution in [0.2, 0.25) is 0 Å². The van der Waals surface area contributed by atoms with Gasteiger partial charge in [-0.1, -0.05) is 60.7 Å². The summed E-state index contributed by atoms with van der Waals surface area (Å²) < 4.78 is 11.3. The van der Waals surface area contributed by atoms with Gasteiger partial charge in [-0.3, -0.25) is 0 Å². The van der Waals surface area contributed by atoms with Crippen LogP contribution in [0, 0.1) is 0 Å². The van der Waals surface area contributed by atoms with Crippen LogP contribution in [0.15, 0.2) is 78.9 Å². The number of rotatable bonds is 2. The van der Waals surface area contributed by atoms with Crippen molar-refractivity contribution in [3.63, 3.8) is 0 Å². The lowest BCUT2D eigenvalue weighted by Gasteiger charge is -2.28. The number of hydrogen-bond donors (Lipinski definition) is 1. The van der Waals surface area contributed by atoms with Crippen molar-refractivity contribution in [1.29, 1.82) is 0 Å². The van der Waals surface area contributed by atoms with E-state index in [4.69, 9.17) is 9.47 Å². The Kier molecular flexibility index (Phi) is 3.62. The molecule has 3 heteroatoms. The Morgan fingerprint density at radius 3 is 2.41 bits per heavy atom. The van der Waals surface area contributed by atoms with Crippen LogP contribution < -0.4 is 9.47 Å². The minimum Gasteiger partial charge on any atom is -0.497 e. The zero-order chi connectivity index (χ0) is 18.4. The maximum atomic E-state index is 10.6. The summed E-state index contributed by atoms with van der Waals surface area (Å²) in [7, 11) is 1.67. The molecule has 4 aromatic rings. The highest BCUT2D eigenvalue weighted by Gasteiger charge is 2.28. The van der Waals surface area contributed by atoms with Gasteiger partial charge in [0, 0.05) is 16.5 Å². The Morgan fingerprint density at radius 2 is 1.59 bits per heavy atom. The van der Waals surface area contributed by atoms with Crippen LogP contribution >= 0.6 is 0 Å². The molecule has 4 aromatic carbocycles. The molecule has 0 aliphatic carbocycles. The molecule has 27 heavy (non-hydrogen) atoms. The molecule has 0 aromatic heterocycles. The van der Waals surface area contributed by atoms with Crippen LogP contribution in [0.3, 0.4) is 0 Å². The lowest BCUT2D eigenvalue weighted by Crippen LogP contribution is -2.14. The molecule has 1 N–H and O–H groups in total. The highest BCUT2D eigenvalue weighted by atomic mass is 16.6. The number of benzene rings is 4. The molecular formula is C24H18O3. The van der Waals surface area contributed by atoms with Gasteiger partial charge >= 0.3 is 0 Å². The van der Waals surface area contributed by atoms with Gasteiger partial charge in [-0.15, -0.1) is 0 Å². The topological polar surface area (TPSA) is 38.7 Å². The number of aliphatic hydroxyl groups is 1. The first-order valence-electron chi connectivity index (χ1n) is 8.90. The van der Waals surface area contributed by atoms with Crippen LogP contribution in [0.25, 0.3) is 33.0 Å². The lowest BCUT2D eigenvalue weighted by molar-refractivity contribution is -0.0200. The number of methoxy groups -OCH3 is 1. The van der Waals surface area contributed by atoms with Crippen molar-refractivity contribution in [1.82, 2.24) is 0 Å². The van der Waals surface area contributed by atoms with E-state index in [-0.39, 0.29) is 0 Å². The summed E-state index contributed by atoms with van der Waals surface area (Å²) in [5.41, 5.74) is 4.95. The van der Waals surface area contributed by atoms with Crippen molar-refractivity contribution in [3.8, 4) is 33.8 Å². The fourth-order valence-corrected chi connectivity index (χ4v) is 3.82. The van der Waals surface area contributed by atoms with Crippen LogP contribution in [0.5, 0.6) is 11.5 Å². The standard InChI is InChI=1S/C24H18O3/c1-26-17-12-10-15(11-13-17)21-14-16-6-2-3-7-18(16)23-22(21)19-8-4-5-9-20(19)24(25)27-23/h2-14,24-25H,1H3. The highest BCUT2D eigenvalue weighted by Crippen LogP contribution is 2.50. The first kappa shape index (κ1) is 15.9. The number of aliphatic hydroxyl groups excluding tert-OH is 1. The average Bonchev–Trinajstić information content (AvgIpc) is 2.73. The van der Waals surface area contributed by atoms with E-state index in [2.05, 4.69) is 24.3 Å². The maximum absolute atomic E-state index is 10.6. The van der Waals surface area contributed by atoms with E-state index in [1.807, 2.05) is 54.6 Å². The van der Waals surface area contributed by atoms with Gasteiger partial charge in [0.1, 0.15) is 11.5 Å². The Labute approximate surface area is 157 Å². The van der Waals surface area contributed by atoms with Gasteiger partial charge < -0.3 is 14.6 Å². The summed E-state index contributed by atoms with van der Waals surface area (Å²) in [6, 6.07) is 26.2. The molecule has 0 saturated carbocycles. The summed E-state index contributed by atoms with van der Waals surface area (Å²) in [4.78, 5) is 0. The molecule has 0 spiro atoms. The highest BCUT2D eigenvalue weighted by molar-refractivity contribution is 6.03. The quantitative estimate of drug-likeness (QED) is 0.512. The Hall–Kier alpha value is -3.30. The second-order valence-corrected chi connectivity index (χ2v) is 6.64. The molecule has 1 aliphatic rings. The van der Waals surface area contributed by atoms with Crippen molar-refractivity contribution in [3.05, 3.63) is 84.4 Å². The molecule has 5 rings (SSSR count). The second-order valence-electron chi connectivity index (χ2n) is 6.64. The summed E-state index contributed by atoms with van der Waals surface area (Å²) in [6.07, 6.45) is -0.969. The smallest absolute Gasteiger partial charge is 0.224 e. The SMILES string of the molecule is COc1ccc(-c2cc3ccccc3c3c2-c2ccccc2C(O)O3)cc1. The third kappa shape index (κ3) is 2.47. The van der Waals surface area contributed by atoms with Gasteiger partial charge in [-0.2, -0.15) is 0 Å². The fraction of sp³-hybridized carbons (Fsp3) is 0.0833. The monoisotopic (exact) mass is 354 g/mol. The summed E-state index contributed by atoms with van der Waals surface area (Å²) in [5.74, 6) is 1.55. The van der Waals surface area contributed by atoms with Gasteiger partial charge in [0.15, 0.2) is 0 Å². The minimum atomic E-state index is -0.969. The predicted octanol–water partition coefficient (Wildman–Crippen LogP) is 5.57. The molecule has 0 fully saturated rings. The normalized spacial score (nSPS) is 15.0. The van der Waals surface area contributed by atoms with Crippen molar-refractivity contribution in [2.24, 2.45) is 0 Å². The Bertz CT molecular complexity index is 1150. The zero-order valence-corrected chi connectivity index (χ0v) is 14.8. The number of hydrogen-bond acceptors (Lipinski definition) is 3. The summed E-state index contributed by atoms with van der Waals surface area (Å²) in [6.45, 7) is 0. The first-order valence-corrected chi connectivity index (χ1v) is 8.90. The third-order valence-electron chi connectivity index (χ3n) is 5.13. The van der Waals surface area contributed by atoms with Gasteiger partial charge in [0.25, 0.3) is 0 Å². The average molecular weight is 354 g/mol. The fourth-order valence-electron chi connectivity index (χ4n) is 3.82. The predicted molar refractivity (Wildman–Crippen MR) is 107 cm³/mol. The molecule has 1 aliphatic heterocycles. The summed E-state index contributed by atoms with van der Waals surface area (Å²) >= 11 is 0. The van der Waals surface area contributed by atoms with E-state index >= 15 is 0 Å². The molecule has 3 nitrogen and oxygen atoms in total. The van der Waals surface area contributed by atoms with E-state index in [0.717, 1.165) is 50.1 Å². The van der Waals surface area contributed by atoms with Crippen LogP contribution in [-0.2, 0) is 0 Å². The molecule has 1 heterocycles. The number of ether oxygens (including phenoxy) is 2. The van der Waals surface area contributed by atoms with Crippen LogP contribution in [0.1, 0.15) is 11.9 Å². The van der Waals surface area contributed by atoms with Crippen molar-refractivity contribution in [2.75, 3.05) is 7.11 Å². The Balaban J connectivity index is 1.87. The molecule has 1 unspecified atom stereocenters. The second kappa shape index (κ2) is 6.15. The molecule has 0 amide bonds. The zero-order valence-electron chi connectivity index (χ0n) is 14.8. The van der Waals surface area contributed by atoms with E-state index < -0.39 is 6.29 Å². The van der Waals surface area contributed by atoms with Crippen molar-refractivity contribution < 1.29 is 14.6 Å². The summed E-state index contributed by atoms with van der Waals surface area (Å²) in [5, 5.41) is 12.6. The van der Waals surface area contributed by atoms with Crippen LogP contribution in [-0.4, -0.2) is 12.2 Å².